The van der Waals surface area contributed by atoms with Crippen molar-refractivity contribution in [2.45, 2.75) is 26.1 Å². The molecule has 6 nitrogen and oxygen atoms in total. The van der Waals surface area contributed by atoms with Crippen LogP contribution in [0.4, 0.5) is 5.82 Å². The van der Waals surface area contributed by atoms with Gasteiger partial charge in [0.25, 0.3) is 0 Å². The van der Waals surface area contributed by atoms with Crippen LogP contribution in [0.15, 0.2) is 0 Å². The van der Waals surface area contributed by atoms with Crippen LogP contribution in [0.3, 0.4) is 0 Å². The van der Waals surface area contributed by atoms with Gasteiger partial charge in [-0.15, -0.1) is 0 Å². The number of nitrogen functional groups attached to an aromatic ring is 1. The molecule has 3 rings (SSSR count). The maximum Gasteiger partial charge on any atom is 0.161 e. The van der Waals surface area contributed by atoms with Gasteiger partial charge >= 0.3 is 0 Å². The Balaban J connectivity index is 1.86. The van der Waals surface area contributed by atoms with Crippen LogP contribution < -0.4 is 5.73 Å². The van der Waals surface area contributed by atoms with Gasteiger partial charge in [-0.25, -0.2) is 9.97 Å². The molecule has 2 aliphatic heterocycles. The molecule has 6 heteroatoms. The van der Waals surface area contributed by atoms with Gasteiger partial charge < -0.3 is 15.2 Å². The van der Waals surface area contributed by atoms with Crippen molar-refractivity contribution in [1.82, 2.24) is 14.9 Å². The maximum absolute atomic E-state index is 6.02. The molecule has 1 aromatic heterocycles. The number of hydrogen-bond donors (Lipinski definition) is 1. The van der Waals surface area contributed by atoms with Crippen LogP contribution in [-0.4, -0.2) is 47.7 Å². The van der Waals surface area contributed by atoms with Crippen LogP contribution >= 0.6 is 0 Å². The lowest BCUT2D eigenvalue weighted by molar-refractivity contribution is -0.0327. The van der Waals surface area contributed by atoms with Crippen molar-refractivity contribution in [3.63, 3.8) is 0 Å². The molecule has 2 aliphatic rings. The number of likely N-dealkylation sites (N-methyl/N-ethyl adjacent to an activating group) is 1. The summed E-state index contributed by atoms with van der Waals surface area (Å²) in [5.41, 5.74) is 7.98. The smallest absolute Gasteiger partial charge is 0.161 e. The highest BCUT2D eigenvalue weighted by atomic mass is 16.5. The summed E-state index contributed by atoms with van der Waals surface area (Å²) >= 11 is 0. The molecule has 0 aromatic carbocycles. The summed E-state index contributed by atoms with van der Waals surface area (Å²) in [4.78, 5) is 11.4. The van der Waals surface area contributed by atoms with Crippen LogP contribution in [0, 0.1) is 0 Å². The van der Waals surface area contributed by atoms with E-state index in [1.807, 2.05) is 0 Å². The van der Waals surface area contributed by atoms with Crippen LogP contribution in [0.1, 0.15) is 30.1 Å². The minimum Gasteiger partial charge on any atom is -0.383 e. The third-order valence-electron chi connectivity index (χ3n) is 3.76. The van der Waals surface area contributed by atoms with Crippen LogP contribution in [0.5, 0.6) is 0 Å². The number of anilines is 1. The van der Waals surface area contributed by atoms with Gasteiger partial charge in [0.15, 0.2) is 5.82 Å². The number of hydrogen-bond acceptors (Lipinski definition) is 6. The van der Waals surface area contributed by atoms with Crippen LogP contribution in [0.25, 0.3) is 0 Å². The van der Waals surface area contributed by atoms with Gasteiger partial charge in [-0.05, 0) is 6.54 Å². The van der Waals surface area contributed by atoms with Crippen molar-refractivity contribution in [2.75, 3.05) is 38.6 Å². The molecule has 1 saturated heterocycles. The molecule has 19 heavy (non-hydrogen) atoms. The number of nitrogens with two attached hydrogens (primary N) is 1. The van der Waals surface area contributed by atoms with Crippen molar-refractivity contribution in [3.05, 3.63) is 17.1 Å². The largest absolute Gasteiger partial charge is 0.383 e. The van der Waals surface area contributed by atoms with E-state index in [1.165, 1.54) is 0 Å². The Bertz CT molecular complexity index is 466. The number of nitrogens with zero attached hydrogens (tertiary/aromatic N) is 3. The molecule has 0 radical (unpaired) electrons. The first-order valence-electron chi connectivity index (χ1n) is 6.84. The highest BCUT2D eigenvalue weighted by Gasteiger charge is 2.26. The van der Waals surface area contributed by atoms with E-state index in [9.17, 15) is 0 Å². The van der Waals surface area contributed by atoms with Gasteiger partial charge in [-0.1, -0.05) is 6.92 Å². The van der Waals surface area contributed by atoms with Crippen molar-refractivity contribution in [2.24, 2.45) is 0 Å². The first-order chi connectivity index (χ1) is 9.28. The van der Waals surface area contributed by atoms with Gasteiger partial charge in [0, 0.05) is 25.1 Å². The SMILES string of the molecule is CCN1CCOC(c2nc(N)c3c(n2)CCOC3)C1. The lowest BCUT2D eigenvalue weighted by atomic mass is 10.1. The van der Waals surface area contributed by atoms with Crippen molar-refractivity contribution >= 4 is 5.82 Å². The minimum absolute atomic E-state index is 0.0656. The summed E-state index contributed by atoms with van der Waals surface area (Å²) in [6.07, 6.45) is 0.739. The van der Waals surface area contributed by atoms with E-state index in [2.05, 4.69) is 21.8 Å². The average molecular weight is 264 g/mol. The zero-order valence-corrected chi connectivity index (χ0v) is 11.3. The van der Waals surface area contributed by atoms with E-state index in [0.717, 1.165) is 49.7 Å². The van der Waals surface area contributed by atoms with E-state index in [4.69, 9.17) is 15.2 Å². The van der Waals surface area contributed by atoms with E-state index in [1.54, 1.807) is 0 Å². The van der Waals surface area contributed by atoms with Gasteiger partial charge in [0.1, 0.15) is 11.9 Å². The molecule has 0 saturated carbocycles. The minimum atomic E-state index is -0.0656. The molecular weight excluding hydrogens is 244 g/mol. The number of aromatic nitrogens is 2. The van der Waals surface area contributed by atoms with Gasteiger partial charge in [0.2, 0.25) is 0 Å². The van der Waals surface area contributed by atoms with Gasteiger partial charge in [-0.2, -0.15) is 0 Å². The summed E-state index contributed by atoms with van der Waals surface area (Å²) in [5, 5.41) is 0. The molecule has 0 amide bonds. The van der Waals surface area contributed by atoms with Gasteiger partial charge in [-0.3, -0.25) is 4.90 Å². The van der Waals surface area contributed by atoms with Crippen molar-refractivity contribution in [1.29, 1.82) is 0 Å². The molecule has 1 aromatic rings. The van der Waals surface area contributed by atoms with Crippen molar-refractivity contribution < 1.29 is 9.47 Å². The fourth-order valence-electron chi connectivity index (χ4n) is 2.57. The molecule has 1 unspecified atom stereocenters. The normalized spacial score (nSPS) is 24.2. The molecule has 0 bridgehead atoms. The van der Waals surface area contributed by atoms with E-state index in [-0.39, 0.29) is 6.10 Å². The Hall–Kier alpha value is -1.24. The second-order valence-corrected chi connectivity index (χ2v) is 4.95. The summed E-state index contributed by atoms with van der Waals surface area (Å²) in [6, 6.07) is 0. The predicted octanol–water partition coefficient (Wildman–Crippen LogP) is 0.525. The Kier molecular flexibility index (Phi) is 3.63. The quantitative estimate of drug-likeness (QED) is 0.839. The molecule has 1 fully saturated rings. The third kappa shape index (κ3) is 2.56. The first kappa shape index (κ1) is 12.8. The first-order valence-corrected chi connectivity index (χ1v) is 6.84. The highest BCUT2D eigenvalue weighted by Crippen LogP contribution is 2.25. The maximum atomic E-state index is 6.02. The molecular formula is C13H20N4O2. The summed E-state index contributed by atoms with van der Waals surface area (Å²) in [5.74, 6) is 1.26. The van der Waals surface area contributed by atoms with Crippen LogP contribution in [0.2, 0.25) is 0 Å². The second-order valence-electron chi connectivity index (χ2n) is 4.95. The number of rotatable bonds is 2. The Labute approximate surface area is 112 Å². The lowest BCUT2D eigenvalue weighted by Gasteiger charge is -2.31. The summed E-state index contributed by atoms with van der Waals surface area (Å²) in [7, 11) is 0. The highest BCUT2D eigenvalue weighted by molar-refractivity contribution is 5.43. The summed E-state index contributed by atoms with van der Waals surface area (Å²) in [6.45, 7) is 6.94. The number of ether oxygens (including phenoxy) is 2. The fourth-order valence-corrected chi connectivity index (χ4v) is 2.57. The second kappa shape index (κ2) is 5.40. The topological polar surface area (TPSA) is 73.5 Å². The molecule has 0 spiro atoms. The average Bonchev–Trinajstić information content (AvgIpc) is 2.47. The molecule has 0 aliphatic carbocycles. The zero-order chi connectivity index (χ0) is 13.2. The molecule has 104 valence electrons. The summed E-state index contributed by atoms with van der Waals surface area (Å²) < 4.78 is 11.2. The molecule has 3 heterocycles. The standard InChI is InChI=1S/C13H20N4O2/c1-2-17-4-6-19-11(7-17)13-15-10-3-5-18-8-9(10)12(14)16-13/h11H,2-8H2,1H3,(H2,14,15,16). The Morgan fingerprint density at radius 3 is 3.11 bits per heavy atom. The van der Waals surface area contributed by atoms with E-state index < -0.39 is 0 Å². The fraction of sp³-hybridized carbons (Fsp3) is 0.692. The van der Waals surface area contributed by atoms with Crippen LogP contribution in [-0.2, 0) is 22.5 Å². The van der Waals surface area contributed by atoms with Crippen molar-refractivity contribution in [3.8, 4) is 0 Å². The predicted molar refractivity (Wildman–Crippen MR) is 70.6 cm³/mol. The van der Waals surface area contributed by atoms with Gasteiger partial charge in [0.05, 0.1) is 25.5 Å². The van der Waals surface area contributed by atoms with E-state index >= 15 is 0 Å². The Morgan fingerprint density at radius 2 is 2.26 bits per heavy atom. The monoisotopic (exact) mass is 264 g/mol. The third-order valence-corrected chi connectivity index (χ3v) is 3.76. The Morgan fingerprint density at radius 1 is 1.37 bits per heavy atom. The number of fused-ring (bicyclic) bond motifs is 1. The van der Waals surface area contributed by atoms with E-state index in [0.29, 0.717) is 19.0 Å². The number of morpholine rings is 1. The lowest BCUT2D eigenvalue weighted by Crippen LogP contribution is -2.39. The zero-order valence-electron chi connectivity index (χ0n) is 11.3. The molecule has 2 N–H and O–H groups in total. The molecule has 1 atom stereocenters.